The fraction of sp³-hybridized carbons (Fsp3) is 0.591. The summed E-state index contributed by atoms with van der Waals surface area (Å²) in [6.07, 6.45) is 25.4. The Bertz CT molecular complexity index is 1310. The molecule has 0 saturated heterocycles. The van der Waals surface area contributed by atoms with Crippen molar-refractivity contribution in [1.29, 1.82) is 0 Å². The molecule has 2 aromatic rings. The molecule has 0 saturated carbocycles. The van der Waals surface area contributed by atoms with E-state index >= 15 is 0 Å². The van der Waals surface area contributed by atoms with Gasteiger partial charge in [0.25, 0.3) is 0 Å². The molecule has 1 aliphatic rings. The van der Waals surface area contributed by atoms with Crippen molar-refractivity contribution in [1.82, 2.24) is 0 Å². The van der Waals surface area contributed by atoms with E-state index in [9.17, 15) is 5.53 Å². The number of benzene rings is 2. The van der Waals surface area contributed by atoms with Crippen molar-refractivity contribution < 1.29 is 22.7 Å². The minimum absolute atomic E-state index is 0.827. The van der Waals surface area contributed by atoms with Gasteiger partial charge in [0.2, 0.25) is 11.4 Å². The Hall–Kier alpha value is -2.26. The van der Waals surface area contributed by atoms with E-state index in [4.69, 9.17) is 0 Å². The fourth-order valence-corrected chi connectivity index (χ4v) is 6.32. The van der Waals surface area contributed by atoms with Gasteiger partial charge in [-0.1, -0.05) is 147 Å². The maximum absolute atomic E-state index is 11.7. The Kier molecular flexibility index (Phi) is 22.4. The third kappa shape index (κ3) is 15.2. The molecule has 1 heterocycles. The van der Waals surface area contributed by atoms with E-state index in [2.05, 4.69) is 98.9 Å². The molecule has 0 spiro atoms. The number of rotatable bonds is 21. The summed E-state index contributed by atoms with van der Waals surface area (Å²) < 4.78 is 1.42. The van der Waals surface area contributed by atoms with E-state index in [1.165, 1.54) is 119 Å². The maximum atomic E-state index is 11.7. The molecule has 0 bridgehead atoms. The van der Waals surface area contributed by atoms with E-state index in [0.29, 0.717) is 0 Å². The second-order valence-corrected chi connectivity index (χ2v) is 14.8. The molecule has 47 heavy (non-hydrogen) atoms. The van der Waals surface area contributed by atoms with E-state index in [1.807, 2.05) is 0 Å². The van der Waals surface area contributed by atoms with Gasteiger partial charge in [0.1, 0.15) is 5.57 Å². The Balaban J connectivity index is 0.00000246. The Morgan fingerprint density at radius 2 is 1.02 bits per heavy atom. The molecule has 0 atom stereocenters. The van der Waals surface area contributed by atoms with Gasteiger partial charge < -0.3 is 5.53 Å². The zero-order chi connectivity index (χ0) is 34.1. The van der Waals surface area contributed by atoms with Crippen molar-refractivity contribution in [2.75, 3.05) is 0 Å². The Morgan fingerprint density at radius 1 is 0.596 bits per heavy atom. The van der Waals surface area contributed by atoms with Gasteiger partial charge in [0, 0.05) is 23.1 Å². The van der Waals surface area contributed by atoms with Gasteiger partial charge in [-0.05, 0) is 74.4 Å². The molecule has 0 aromatic heterocycles. The van der Waals surface area contributed by atoms with E-state index < -0.39 is 0 Å². The van der Waals surface area contributed by atoms with Crippen LogP contribution in [0.5, 0.6) is 0 Å². The number of hydrogen-bond acceptors (Lipinski definition) is 0. The van der Waals surface area contributed by atoms with Crippen molar-refractivity contribution in [2.45, 2.75) is 167 Å². The summed E-state index contributed by atoms with van der Waals surface area (Å²) in [5.74, 6) is 7.03. The van der Waals surface area contributed by atoms with Gasteiger partial charge in [-0.3, -0.25) is 0 Å². The van der Waals surface area contributed by atoms with Gasteiger partial charge in [-0.15, -0.1) is 0 Å². The van der Waals surface area contributed by atoms with Crippen LogP contribution in [0.25, 0.3) is 16.9 Å². The first-order valence-electron chi connectivity index (χ1n) is 18.9. The van der Waals surface area contributed by atoms with Gasteiger partial charge in [-0.25, -0.2) is 4.70 Å². The number of hydrogen-bond donors (Lipinski definition) is 0. The molecule has 3 rings (SSSR count). The number of unbranched alkanes of at least 4 members (excludes halogenated alkanes) is 15. The molecule has 0 unspecified atom stereocenters. The molecular weight excluding hydrogens is 663 g/mol. The van der Waals surface area contributed by atoms with Crippen LogP contribution < -0.4 is 0 Å². The molecule has 2 nitrogen and oxygen atoms in total. The molecule has 3 heteroatoms. The van der Waals surface area contributed by atoms with Crippen LogP contribution in [0.3, 0.4) is 0 Å². The first-order chi connectivity index (χ1) is 23.0. The van der Waals surface area contributed by atoms with Crippen molar-refractivity contribution in [3.8, 4) is 11.8 Å². The number of nitrogens with zero attached hydrogens (tertiary/aromatic N) is 2. The van der Waals surface area contributed by atoms with Crippen LogP contribution in [0.15, 0.2) is 59.7 Å². The first kappa shape index (κ1) is 40.9. The Labute approximate surface area is 299 Å². The monoisotopic (exact) mass is 728 g/mol. The average Bonchev–Trinajstić information content (AvgIpc) is 3.33. The zero-order valence-corrected chi connectivity index (χ0v) is 32.5. The third-order valence-electron chi connectivity index (χ3n) is 9.05. The molecule has 2 aromatic carbocycles. The van der Waals surface area contributed by atoms with Crippen molar-refractivity contribution in [2.24, 2.45) is 0 Å². The summed E-state index contributed by atoms with van der Waals surface area (Å²) >= 11 is 0.950. The molecule has 0 fully saturated rings. The summed E-state index contributed by atoms with van der Waals surface area (Å²) in [6.45, 7) is 8.88. The molecule has 0 amide bonds. The van der Waals surface area contributed by atoms with Crippen molar-refractivity contribution >= 4 is 11.4 Å². The molecule has 0 radical (unpaired) electrons. The minimum atomic E-state index is 0.827. The molecule has 262 valence electrons. The van der Waals surface area contributed by atoms with Gasteiger partial charge in [-0.2, -0.15) is 0 Å². The molecule has 0 aliphatic carbocycles. The standard InChI is InChI=1S/C42H60N2.2CH3.Pd/c1-5-8-11-12-13-14-15-16-17-18-19-20-21-22-23-32-40-35(4)41(38-30-24-28-36(33-38)26-9-6-2)44(43)42(40)39-31-25-29-37(34-39)27-10-7-3;;;/h24-25,28-31,33-34H,5-22,26-27H2,1-4H3;2*1H3;. The molecular formula is C44H66N2Pd. The second-order valence-electron chi connectivity index (χ2n) is 13.2. The summed E-state index contributed by atoms with van der Waals surface area (Å²) in [4.78, 5) is 0. The summed E-state index contributed by atoms with van der Waals surface area (Å²) in [7, 11) is 0. The van der Waals surface area contributed by atoms with Gasteiger partial charge in [0.05, 0.1) is 0 Å². The SMILES string of the molecule is CCCCCCCCCCCCCCCC#CC1=C(c2cccc(CCCC)c2)[N+](=[N-])C(c2cccc(CCCC)c2)=C1C.[CH3][Pd][CH3]. The van der Waals surface area contributed by atoms with Crippen molar-refractivity contribution in [3.05, 3.63) is 87.5 Å². The summed E-state index contributed by atoms with van der Waals surface area (Å²) in [6, 6.07) is 17.4. The number of allylic oxidation sites excluding steroid dienone is 2. The first-order valence-corrected chi connectivity index (χ1v) is 22.0. The fourth-order valence-electron chi connectivity index (χ4n) is 6.32. The van der Waals surface area contributed by atoms with E-state index in [1.54, 1.807) is 0 Å². The summed E-state index contributed by atoms with van der Waals surface area (Å²) in [5.41, 5.74) is 20.2. The third-order valence-corrected chi connectivity index (χ3v) is 9.05. The van der Waals surface area contributed by atoms with Crippen molar-refractivity contribution in [3.63, 3.8) is 0 Å². The van der Waals surface area contributed by atoms with E-state index in [0.717, 1.165) is 77.3 Å². The van der Waals surface area contributed by atoms with E-state index in [-0.39, 0.29) is 0 Å². The average molecular weight is 729 g/mol. The zero-order valence-electron chi connectivity index (χ0n) is 31.0. The van der Waals surface area contributed by atoms with Gasteiger partial charge in [0.15, 0.2) is 0 Å². The van der Waals surface area contributed by atoms with Crippen LogP contribution in [0, 0.1) is 11.8 Å². The quantitative estimate of drug-likeness (QED) is 0.0529. The van der Waals surface area contributed by atoms with Crippen LogP contribution >= 0.6 is 0 Å². The van der Waals surface area contributed by atoms with Crippen LogP contribution in [0.4, 0.5) is 0 Å². The van der Waals surface area contributed by atoms with Gasteiger partial charge >= 0.3 is 28.8 Å². The number of aryl methyl sites for hydroxylation is 2. The van der Waals surface area contributed by atoms with Crippen LogP contribution in [0.2, 0.25) is 10.8 Å². The van der Waals surface area contributed by atoms with Crippen LogP contribution in [-0.2, 0) is 30.8 Å². The predicted molar refractivity (Wildman–Crippen MR) is 203 cm³/mol. The topological polar surface area (TPSA) is 25.3 Å². The molecule has 0 N–H and O–H groups in total. The second kappa shape index (κ2) is 25.7. The normalized spacial score (nSPS) is 12.8. The summed E-state index contributed by atoms with van der Waals surface area (Å²) in [5, 5.41) is 4.35. The molecule has 1 aliphatic heterocycles. The van der Waals surface area contributed by atoms with Crippen LogP contribution in [0.1, 0.15) is 166 Å². The van der Waals surface area contributed by atoms with Crippen LogP contribution in [-0.4, -0.2) is 4.70 Å². The predicted octanol–water partition coefficient (Wildman–Crippen LogP) is 14.2. The Morgan fingerprint density at radius 3 is 1.49 bits per heavy atom.